The lowest BCUT2D eigenvalue weighted by molar-refractivity contribution is -0.147. The van der Waals surface area contributed by atoms with Crippen LogP contribution in [0.3, 0.4) is 0 Å². The van der Waals surface area contributed by atoms with Crippen LogP contribution in [0.2, 0.25) is 0 Å². The zero-order valence-corrected chi connectivity index (χ0v) is 17.8. The van der Waals surface area contributed by atoms with Crippen molar-refractivity contribution in [1.82, 2.24) is 16.2 Å². The Balaban J connectivity index is 1.66. The summed E-state index contributed by atoms with van der Waals surface area (Å²) in [5, 5.41) is 21.9. The molecule has 1 fully saturated rings. The number of benzene rings is 2. The number of carboxylic acid groups (broad SMARTS) is 1. The first-order chi connectivity index (χ1) is 15.0. The molecule has 1 aliphatic heterocycles. The van der Waals surface area contributed by atoms with Crippen LogP contribution < -0.4 is 16.2 Å². The van der Waals surface area contributed by atoms with E-state index in [0.717, 1.165) is 29.5 Å². The van der Waals surface area contributed by atoms with Crippen LogP contribution >= 0.6 is 0 Å². The molecule has 5 N–H and O–H groups in total. The molecule has 2 aromatic rings. The SMILES string of the molecule is CCCC1CC(C(=O)NC(Cc2ccc(-c3ccccc3)cc2)C[C@@H](O)C(=O)O)NN1. The maximum atomic E-state index is 12.7. The first-order valence-electron chi connectivity index (χ1n) is 10.8. The van der Waals surface area contributed by atoms with Crippen molar-refractivity contribution in [2.24, 2.45) is 0 Å². The second-order valence-corrected chi connectivity index (χ2v) is 8.12. The van der Waals surface area contributed by atoms with Gasteiger partial charge in [0.25, 0.3) is 0 Å². The van der Waals surface area contributed by atoms with Crippen molar-refractivity contribution in [3.8, 4) is 11.1 Å². The number of carboxylic acids is 1. The van der Waals surface area contributed by atoms with Crippen molar-refractivity contribution in [3.05, 3.63) is 60.2 Å². The van der Waals surface area contributed by atoms with Crippen molar-refractivity contribution in [2.75, 3.05) is 0 Å². The average molecular weight is 426 g/mol. The highest BCUT2D eigenvalue weighted by Gasteiger charge is 2.31. The van der Waals surface area contributed by atoms with Crippen LogP contribution in [0.5, 0.6) is 0 Å². The van der Waals surface area contributed by atoms with Gasteiger partial charge >= 0.3 is 5.97 Å². The number of hydrazine groups is 1. The van der Waals surface area contributed by atoms with Gasteiger partial charge in [-0.1, -0.05) is 67.9 Å². The fourth-order valence-electron chi connectivity index (χ4n) is 3.95. The van der Waals surface area contributed by atoms with Crippen molar-refractivity contribution in [2.45, 2.75) is 63.3 Å². The Labute approximate surface area is 182 Å². The van der Waals surface area contributed by atoms with Gasteiger partial charge in [0.15, 0.2) is 6.10 Å². The molecule has 0 bridgehead atoms. The van der Waals surface area contributed by atoms with Gasteiger partial charge in [-0.05, 0) is 36.0 Å². The van der Waals surface area contributed by atoms with E-state index in [0.29, 0.717) is 12.8 Å². The van der Waals surface area contributed by atoms with Crippen LogP contribution in [0.25, 0.3) is 11.1 Å². The van der Waals surface area contributed by atoms with Crippen LogP contribution in [0.15, 0.2) is 54.6 Å². The average Bonchev–Trinajstić information content (AvgIpc) is 3.24. The Hall–Kier alpha value is -2.74. The number of hydrogen-bond donors (Lipinski definition) is 5. The number of carbonyl (C=O) groups is 2. The lowest BCUT2D eigenvalue weighted by atomic mass is 9.97. The minimum Gasteiger partial charge on any atom is -0.479 e. The van der Waals surface area contributed by atoms with E-state index in [9.17, 15) is 14.7 Å². The van der Waals surface area contributed by atoms with Crippen LogP contribution in [-0.2, 0) is 16.0 Å². The Morgan fingerprint density at radius 2 is 1.74 bits per heavy atom. The van der Waals surface area contributed by atoms with E-state index < -0.39 is 18.1 Å². The van der Waals surface area contributed by atoms with Crippen LogP contribution in [0.1, 0.15) is 38.2 Å². The van der Waals surface area contributed by atoms with Gasteiger partial charge in [-0.2, -0.15) is 0 Å². The van der Waals surface area contributed by atoms with Crippen molar-refractivity contribution < 1.29 is 19.8 Å². The van der Waals surface area contributed by atoms with E-state index >= 15 is 0 Å². The highest BCUT2D eigenvalue weighted by atomic mass is 16.4. The van der Waals surface area contributed by atoms with E-state index in [1.807, 2.05) is 54.6 Å². The quantitative estimate of drug-likeness (QED) is 0.399. The summed E-state index contributed by atoms with van der Waals surface area (Å²) < 4.78 is 0. The molecule has 3 rings (SSSR count). The number of nitrogens with one attached hydrogen (secondary N) is 3. The topological polar surface area (TPSA) is 111 Å². The first kappa shape index (κ1) is 22.9. The zero-order chi connectivity index (χ0) is 22.2. The number of aliphatic hydroxyl groups is 1. The minimum atomic E-state index is -1.53. The molecule has 0 saturated carbocycles. The third-order valence-corrected chi connectivity index (χ3v) is 5.62. The van der Waals surface area contributed by atoms with E-state index in [-0.39, 0.29) is 24.4 Å². The molecular weight excluding hydrogens is 394 g/mol. The van der Waals surface area contributed by atoms with Crippen LogP contribution in [0.4, 0.5) is 0 Å². The maximum Gasteiger partial charge on any atom is 0.332 e. The predicted molar refractivity (Wildman–Crippen MR) is 119 cm³/mol. The molecule has 7 heteroatoms. The number of aliphatic hydroxyl groups excluding tert-OH is 1. The summed E-state index contributed by atoms with van der Waals surface area (Å²) >= 11 is 0. The fourth-order valence-corrected chi connectivity index (χ4v) is 3.95. The van der Waals surface area contributed by atoms with Gasteiger partial charge in [0, 0.05) is 18.5 Å². The van der Waals surface area contributed by atoms with E-state index in [1.54, 1.807) is 0 Å². The molecule has 166 valence electrons. The predicted octanol–water partition coefficient (Wildman–Crippen LogP) is 2.25. The molecule has 4 atom stereocenters. The largest absolute Gasteiger partial charge is 0.479 e. The molecule has 7 nitrogen and oxygen atoms in total. The maximum absolute atomic E-state index is 12.7. The fraction of sp³-hybridized carbons (Fsp3) is 0.417. The summed E-state index contributed by atoms with van der Waals surface area (Å²) in [6.45, 7) is 2.10. The Bertz CT molecular complexity index is 857. The second kappa shape index (κ2) is 11.0. The summed E-state index contributed by atoms with van der Waals surface area (Å²) in [6.07, 6.45) is 1.53. The van der Waals surface area contributed by atoms with Crippen molar-refractivity contribution in [3.63, 3.8) is 0 Å². The van der Waals surface area contributed by atoms with E-state index in [1.165, 1.54) is 0 Å². The normalized spacial score (nSPS) is 20.2. The van der Waals surface area contributed by atoms with Crippen LogP contribution in [0, 0.1) is 0 Å². The molecule has 0 spiro atoms. The van der Waals surface area contributed by atoms with Gasteiger partial charge in [-0.25, -0.2) is 10.2 Å². The summed E-state index contributed by atoms with van der Waals surface area (Å²) in [7, 11) is 0. The van der Waals surface area contributed by atoms with Gasteiger partial charge in [0.2, 0.25) is 5.91 Å². The minimum absolute atomic E-state index is 0.0555. The Kier molecular flexibility index (Phi) is 8.17. The number of aliphatic carboxylic acids is 1. The molecule has 1 heterocycles. The molecule has 0 aliphatic carbocycles. The second-order valence-electron chi connectivity index (χ2n) is 8.12. The molecule has 3 unspecified atom stereocenters. The molecule has 1 saturated heterocycles. The zero-order valence-electron chi connectivity index (χ0n) is 17.8. The lowest BCUT2D eigenvalue weighted by Gasteiger charge is -2.22. The van der Waals surface area contributed by atoms with Gasteiger partial charge in [-0.15, -0.1) is 0 Å². The third kappa shape index (κ3) is 6.62. The van der Waals surface area contributed by atoms with Crippen molar-refractivity contribution in [1.29, 1.82) is 0 Å². The number of hydrogen-bond acceptors (Lipinski definition) is 5. The highest BCUT2D eigenvalue weighted by Crippen LogP contribution is 2.20. The Morgan fingerprint density at radius 1 is 1.06 bits per heavy atom. The van der Waals surface area contributed by atoms with Crippen molar-refractivity contribution >= 4 is 11.9 Å². The van der Waals surface area contributed by atoms with Gasteiger partial charge in [0.05, 0.1) is 0 Å². The van der Waals surface area contributed by atoms with Gasteiger partial charge in [0.1, 0.15) is 6.04 Å². The van der Waals surface area contributed by atoms with Crippen LogP contribution in [-0.4, -0.2) is 46.3 Å². The molecule has 0 radical (unpaired) electrons. The summed E-state index contributed by atoms with van der Waals surface area (Å²) in [6, 6.07) is 17.4. The number of amides is 1. The summed E-state index contributed by atoms with van der Waals surface area (Å²) in [5.41, 5.74) is 9.32. The standard InChI is InChI=1S/C24H31N3O4/c1-2-6-19-14-21(27-26-19)23(29)25-20(15-22(28)24(30)31)13-16-9-11-18(12-10-16)17-7-4-3-5-8-17/h3-5,7-12,19-22,26-28H,2,6,13-15H2,1H3,(H,25,29)(H,30,31)/t19?,20?,21?,22-/m1/s1. The smallest absolute Gasteiger partial charge is 0.332 e. The molecular formula is C24H31N3O4. The molecule has 1 amide bonds. The van der Waals surface area contributed by atoms with E-state index in [2.05, 4.69) is 23.1 Å². The van der Waals surface area contributed by atoms with Gasteiger partial charge in [-0.3, -0.25) is 10.2 Å². The first-order valence-corrected chi connectivity index (χ1v) is 10.8. The third-order valence-electron chi connectivity index (χ3n) is 5.62. The monoisotopic (exact) mass is 425 g/mol. The molecule has 1 aliphatic rings. The number of carbonyl (C=O) groups excluding carboxylic acids is 1. The molecule has 31 heavy (non-hydrogen) atoms. The lowest BCUT2D eigenvalue weighted by Crippen LogP contribution is -2.49. The highest BCUT2D eigenvalue weighted by molar-refractivity contribution is 5.82. The van der Waals surface area contributed by atoms with E-state index in [4.69, 9.17) is 5.11 Å². The number of rotatable bonds is 10. The summed E-state index contributed by atoms with van der Waals surface area (Å²) in [4.78, 5) is 23.9. The molecule has 2 aromatic carbocycles. The molecule has 0 aromatic heterocycles. The van der Waals surface area contributed by atoms with Gasteiger partial charge < -0.3 is 15.5 Å². The Morgan fingerprint density at radius 3 is 2.39 bits per heavy atom. The summed E-state index contributed by atoms with van der Waals surface area (Å²) in [5.74, 6) is -1.48.